The van der Waals surface area contributed by atoms with Crippen LogP contribution in [0.5, 0.6) is 0 Å². The fraction of sp³-hybridized carbons (Fsp3) is 0.579. The first-order chi connectivity index (χ1) is 9.69. The van der Waals surface area contributed by atoms with E-state index in [0.29, 0.717) is 5.92 Å². The second kappa shape index (κ2) is 7.08. The molecule has 0 aromatic carbocycles. The van der Waals surface area contributed by atoms with Crippen molar-refractivity contribution in [3.63, 3.8) is 0 Å². The third kappa shape index (κ3) is 3.73. The summed E-state index contributed by atoms with van der Waals surface area (Å²) in [6.07, 6.45) is 18.0. The predicted octanol–water partition coefficient (Wildman–Crippen LogP) is 5.36. The van der Waals surface area contributed by atoms with Gasteiger partial charge in [0.05, 0.1) is 5.60 Å². The van der Waals surface area contributed by atoms with Crippen LogP contribution in [0.3, 0.4) is 0 Å². The van der Waals surface area contributed by atoms with Crippen molar-refractivity contribution in [2.24, 2.45) is 5.92 Å². The minimum absolute atomic E-state index is 0.170. The van der Waals surface area contributed by atoms with Crippen molar-refractivity contribution in [3.8, 4) is 0 Å². The summed E-state index contributed by atoms with van der Waals surface area (Å²) in [5, 5.41) is 0. The Bertz CT molecular complexity index is 419. The van der Waals surface area contributed by atoms with E-state index in [-0.39, 0.29) is 5.60 Å². The molecule has 1 heterocycles. The highest BCUT2D eigenvalue weighted by Crippen LogP contribution is 2.40. The molecule has 2 aliphatic rings. The molecule has 20 heavy (non-hydrogen) atoms. The van der Waals surface area contributed by atoms with Gasteiger partial charge in [-0.15, -0.1) is 0 Å². The van der Waals surface area contributed by atoms with Gasteiger partial charge in [-0.3, -0.25) is 0 Å². The second-order valence-electron chi connectivity index (χ2n) is 6.17. The lowest BCUT2D eigenvalue weighted by molar-refractivity contribution is -0.00341. The van der Waals surface area contributed by atoms with Gasteiger partial charge < -0.3 is 4.74 Å². The molecule has 2 atom stereocenters. The van der Waals surface area contributed by atoms with Crippen molar-refractivity contribution in [1.29, 1.82) is 0 Å². The number of rotatable bonds is 5. The molecule has 110 valence electrons. The van der Waals surface area contributed by atoms with Gasteiger partial charge in [0.2, 0.25) is 0 Å². The van der Waals surface area contributed by atoms with E-state index in [9.17, 15) is 0 Å². The van der Waals surface area contributed by atoms with E-state index in [0.717, 1.165) is 19.4 Å². The fourth-order valence-electron chi connectivity index (χ4n) is 3.05. The molecule has 1 spiro atoms. The zero-order chi connectivity index (χ0) is 14.4. The Morgan fingerprint density at radius 2 is 2.35 bits per heavy atom. The SMILES string of the molecule is C=C/C=C(\C=C/C(C)CC)C1=CCC2(CCCO2)CC1. The van der Waals surface area contributed by atoms with Crippen LogP contribution in [0, 0.1) is 5.92 Å². The average molecular weight is 272 g/mol. The largest absolute Gasteiger partial charge is 0.375 e. The standard InChI is InChI=1S/C19H28O/c1-4-7-17(9-8-16(3)5-2)18-10-13-19(14-11-18)12-6-15-20-19/h4,7-10,16H,1,5-6,11-15H2,2-3H3/b9-8-,17-7+. The number of allylic oxidation sites excluding steroid dienone is 6. The normalized spacial score (nSPS) is 28.9. The van der Waals surface area contributed by atoms with E-state index in [4.69, 9.17) is 4.74 Å². The number of ether oxygens (including phenoxy) is 1. The summed E-state index contributed by atoms with van der Waals surface area (Å²) < 4.78 is 5.98. The summed E-state index contributed by atoms with van der Waals surface area (Å²) in [6, 6.07) is 0. The molecule has 1 saturated heterocycles. The summed E-state index contributed by atoms with van der Waals surface area (Å²) in [4.78, 5) is 0. The topological polar surface area (TPSA) is 9.23 Å². The molecule has 1 nitrogen and oxygen atoms in total. The zero-order valence-electron chi connectivity index (χ0n) is 13.0. The molecule has 1 fully saturated rings. The first-order valence-corrected chi connectivity index (χ1v) is 8.03. The highest BCUT2D eigenvalue weighted by Gasteiger charge is 2.36. The minimum Gasteiger partial charge on any atom is -0.375 e. The van der Waals surface area contributed by atoms with Gasteiger partial charge >= 0.3 is 0 Å². The fourth-order valence-corrected chi connectivity index (χ4v) is 3.05. The van der Waals surface area contributed by atoms with Crippen molar-refractivity contribution in [3.05, 3.63) is 48.1 Å². The molecular weight excluding hydrogens is 244 g/mol. The van der Waals surface area contributed by atoms with Crippen molar-refractivity contribution in [2.75, 3.05) is 6.61 Å². The molecule has 2 rings (SSSR count). The van der Waals surface area contributed by atoms with Gasteiger partial charge in [0, 0.05) is 6.61 Å². The summed E-state index contributed by atoms with van der Waals surface area (Å²) in [5.74, 6) is 0.636. The van der Waals surface area contributed by atoms with Crippen molar-refractivity contribution < 1.29 is 4.74 Å². The third-order valence-electron chi connectivity index (χ3n) is 4.67. The van der Waals surface area contributed by atoms with Crippen molar-refractivity contribution in [2.45, 2.75) is 58.0 Å². The van der Waals surface area contributed by atoms with Crippen LogP contribution in [0.25, 0.3) is 0 Å². The van der Waals surface area contributed by atoms with E-state index in [1.165, 1.54) is 36.8 Å². The minimum atomic E-state index is 0.170. The number of hydrogen-bond donors (Lipinski definition) is 0. The Hall–Kier alpha value is -1.08. The molecule has 0 N–H and O–H groups in total. The third-order valence-corrected chi connectivity index (χ3v) is 4.67. The van der Waals surface area contributed by atoms with Crippen LogP contribution in [0.2, 0.25) is 0 Å². The maximum absolute atomic E-state index is 5.98. The lowest BCUT2D eigenvalue weighted by Crippen LogP contribution is -2.29. The highest BCUT2D eigenvalue weighted by atomic mass is 16.5. The zero-order valence-corrected chi connectivity index (χ0v) is 13.0. The molecular formula is C19H28O. The van der Waals surface area contributed by atoms with E-state index in [1.807, 2.05) is 6.08 Å². The van der Waals surface area contributed by atoms with Gasteiger partial charge in [-0.05, 0) is 49.2 Å². The van der Waals surface area contributed by atoms with Gasteiger partial charge in [0.15, 0.2) is 0 Å². The Labute approximate surface area is 124 Å². The Morgan fingerprint density at radius 3 is 2.90 bits per heavy atom. The molecule has 0 amide bonds. The molecule has 0 bridgehead atoms. The van der Waals surface area contributed by atoms with Gasteiger partial charge in [-0.1, -0.05) is 57.2 Å². The van der Waals surface area contributed by atoms with E-state index < -0.39 is 0 Å². The quantitative estimate of drug-likeness (QED) is 0.612. The van der Waals surface area contributed by atoms with Crippen LogP contribution < -0.4 is 0 Å². The molecule has 0 radical (unpaired) electrons. The summed E-state index contributed by atoms with van der Waals surface area (Å²) >= 11 is 0. The van der Waals surface area contributed by atoms with Crippen LogP contribution >= 0.6 is 0 Å². The lowest BCUT2D eigenvalue weighted by Gasteiger charge is -2.32. The first-order valence-electron chi connectivity index (χ1n) is 8.03. The molecule has 1 heteroatoms. The molecule has 0 aromatic heterocycles. The van der Waals surface area contributed by atoms with E-state index in [2.05, 4.69) is 44.7 Å². The predicted molar refractivity (Wildman–Crippen MR) is 86.7 cm³/mol. The molecule has 2 unspecified atom stereocenters. The molecule has 1 aliphatic carbocycles. The molecule has 0 aromatic rings. The maximum atomic E-state index is 5.98. The smallest absolute Gasteiger partial charge is 0.0721 e. The van der Waals surface area contributed by atoms with Gasteiger partial charge in [-0.25, -0.2) is 0 Å². The summed E-state index contributed by atoms with van der Waals surface area (Å²) in [7, 11) is 0. The Balaban J connectivity index is 2.07. The van der Waals surface area contributed by atoms with E-state index in [1.54, 1.807) is 0 Å². The van der Waals surface area contributed by atoms with Crippen LogP contribution in [-0.4, -0.2) is 12.2 Å². The van der Waals surface area contributed by atoms with E-state index >= 15 is 0 Å². The number of hydrogen-bond acceptors (Lipinski definition) is 1. The van der Waals surface area contributed by atoms with Crippen LogP contribution in [0.15, 0.2) is 48.1 Å². The Morgan fingerprint density at radius 1 is 1.50 bits per heavy atom. The molecule has 0 saturated carbocycles. The Kier molecular flexibility index (Phi) is 5.42. The van der Waals surface area contributed by atoms with Gasteiger partial charge in [-0.2, -0.15) is 0 Å². The van der Waals surface area contributed by atoms with Gasteiger partial charge in [0.25, 0.3) is 0 Å². The van der Waals surface area contributed by atoms with Gasteiger partial charge in [0.1, 0.15) is 0 Å². The second-order valence-corrected chi connectivity index (χ2v) is 6.17. The van der Waals surface area contributed by atoms with Crippen molar-refractivity contribution >= 4 is 0 Å². The molecule has 1 aliphatic heterocycles. The average Bonchev–Trinajstić information content (AvgIpc) is 2.92. The van der Waals surface area contributed by atoms with Crippen LogP contribution in [-0.2, 0) is 4.74 Å². The van der Waals surface area contributed by atoms with Crippen LogP contribution in [0.1, 0.15) is 52.4 Å². The summed E-state index contributed by atoms with van der Waals surface area (Å²) in [6.45, 7) is 9.29. The summed E-state index contributed by atoms with van der Waals surface area (Å²) in [5.41, 5.74) is 2.96. The highest BCUT2D eigenvalue weighted by molar-refractivity contribution is 5.43. The van der Waals surface area contributed by atoms with Crippen molar-refractivity contribution in [1.82, 2.24) is 0 Å². The lowest BCUT2D eigenvalue weighted by atomic mass is 9.81. The first kappa shape index (κ1) is 15.3. The monoisotopic (exact) mass is 272 g/mol. The van der Waals surface area contributed by atoms with Crippen LogP contribution in [0.4, 0.5) is 0 Å². The maximum Gasteiger partial charge on any atom is 0.0721 e.